The lowest BCUT2D eigenvalue weighted by atomic mass is 9.90. The molecule has 1 N–H and O–H groups in total. The molecule has 0 aliphatic heterocycles. The van der Waals surface area contributed by atoms with Crippen molar-refractivity contribution in [3.63, 3.8) is 0 Å². The summed E-state index contributed by atoms with van der Waals surface area (Å²) in [7, 11) is 0. The molecular formula is C36H35NO2S. The maximum Gasteiger partial charge on any atom is 0.106 e. The zero-order valence-electron chi connectivity index (χ0n) is 23.4. The molecule has 0 atom stereocenters. The van der Waals surface area contributed by atoms with Gasteiger partial charge in [-0.15, -0.1) is 0 Å². The average Bonchev–Trinajstić information content (AvgIpc) is 2.98. The molecule has 0 bridgehead atoms. The Balaban J connectivity index is 1.46. The first-order valence-electron chi connectivity index (χ1n) is 13.5. The van der Waals surface area contributed by atoms with Gasteiger partial charge in [0.2, 0.25) is 0 Å². The standard InChI is InChI=1S/C36H35NO2S/c1-35(2,38)36(3,4)39-40-34-25-23-33(24-26-34)37(31-19-15-29(16-20-31)27-11-7-5-8-12-27)32-21-17-30(18-22-32)28-13-9-6-10-14-28/h5-26,38H,1-4H3. The lowest BCUT2D eigenvalue weighted by molar-refractivity contribution is -0.0813. The number of benzene rings is 5. The summed E-state index contributed by atoms with van der Waals surface area (Å²) in [6.45, 7) is 7.32. The van der Waals surface area contributed by atoms with Gasteiger partial charge in [0.1, 0.15) is 5.60 Å². The number of aliphatic hydroxyl groups is 1. The molecule has 0 heterocycles. The van der Waals surface area contributed by atoms with E-state index in [2.05, 4.69) is 126 Å². The quantitative estimate of drug-likeness (QED) is 0.187. The Morgan fingerprint density at radius 3 is 1.23 bits per heavy atom. The van der Waals surface area contributed by atoms with E-state index in [4.69, 9.17) is 4.18 Å². The predicted molar refractivity (Wildman–Crippen MR) is 169 cm³/mol. The maximum absolute atomic E-state index is 10.4. The summed E-state index contributed by atoms with van der Waals surface area (Å²) < 4.78 is 6.01. The van der Waals surface area contributed by atoms with Crippen LogP contribution < -0.4 is 4.90 Å². The van der Waals surface area contributed by atoms with E-state index in [1.165, 1.54) is 34.3 Å². The van der Waals surface area contributed by atoms with Gasteiger partial charge in [-0.1, -0.05) is 84.9 Å². The van der Waals surface area contributed by atoms with Crippen LogP contribution in [0.3, 0.4) is 0 Å². The highest BCUT2D eigenvalue weighted by atomic mass is 32.2. The van der Waals surface area contributed by atoms with Crippen LogP contribution in [0.5, 0.6) is 0 Å². The minimum atomic E-state index is -0.964. The van der Waals surface area contributed by atoms with Crippen LogP contribution in [0.4, 0.5) is 17.1 Å². The van der Waals surface area contributed by atoms with Gasteiger partial charge in [-0.2, -0.15) is 0 Å². The van der Waals surface area contributed by atoms with Crippen molar-refractivity contribution in [3.8, 4) is 22.3 Å². The number of nitrogens with zero attached hydrogens (tertiary/aromatic N) is 1. The molecule has 0 amide bonds. The summed E-state index contributed by atoms with van der Waals surface area (Å²) in [4.78, 5) is 3.24. The predicted octanol–water partition coefficient (Wildman–Crippen LogP) is 10.1. The minimum Gasteiger partial charge on any atom is -0.387 e. The van der Waals surface area contributed by atoms with E-state index < -0.39 is 11.2 Å². The molecule has 0 spiro atoms. The molecule has 0 radical (unpaired) electrons. The van der Waals surface area contributed by atoms with Crippen LogP contribution >= 0.6 is 12.0 Å². The zero-order chi connectivity index (χ0) is 28.2. The number of hydrogen-bond donors (Lipinski definition) is 1. The Bertz CT molecular complexity index is 1420. The molecule has 5 rings (SSSR count). The van der Waals surface area contributed by atoms with Gasteiger partial charge < -0.3 is 14.2 Å². The van der Waals surface area contributed by atoms with Crippen LogP contribution in [0.15, 0.2) is 138 Å². The summed E-state index contributed by atoms with van der Waals surface area (Å²) in [6.07, 6.45) is 0. The SMILES string of the molecule is CC(C)(O)C(C)(C)OSc1ccc(N(c2ccc(-c3ccccc3)cc2)c2ccc(-c3ccccc3)cc2)cc1. The Hall–Kier alpha value is -3.83. The number of hydrogen-bond acceptors (Lipinski definition) is 4. The van der Waals surface area contributed by atoms with E-state index in [1.807, 2.05) is 26.0 Å². The van der Waals surface area contributed by atoms with Crippen LogP contribution in [-0.2, 0) is 4.18 Å². The van der Waals surface area contributed by atoms with E-state index in [0.29, 0.717) is 0 Å². The smallest absolute Gasteiger partial charge is 0.106 e. The summed E-state index contributed by atoms with van der Waals surface area (Å²) in [5.74, 6) is 0. The van der Waals surface area contributed by atoms with Crippen molar-refractivity contribution in [3.05, 3.63) is 133 Å². The van der Waals surface area contributed by atoms with Crippen LogP contribution in [0.25, 0.3) is 22.3 Å². The molecule has 40 heavy (non-hydrogen) atoms. The van der Waals surface area contributed by atoms with E-state index in [0.717, 1.165) is 22.0 Å². The van der Waals surface area contributed by atoms with E-state index in [1.54, 1.807) is 13.8 Å². The van der Waals surface area contributed by atoms with Gasteiger partial charge >= 0.3 is 0 Å². The van der Waals surface area contributed by atoms with Crippen molar-refractivity contribution < 1.29 is 9.29 Å². The molecule has 0 fully saturated rings. The van der Waals surface area contributed by atoms with Gasteiger partial charge in [0.15, 0.2) is 0 Å². The molecule has 5 aromatic carbocycles. The third-order valence-electron chi connectivity index (χ3n) is 7.38. The Morgan fingerprint density at radius 1 is 0.500 bits per heavy atom. The zero-order valence-corrected chi connectivity index (χ0v) is 24.2. The molecule has 0 saturated heterocycles. The number of anilines is 3. The molecule has 3 nitrogen and oxygen atoms in total. The van der Waals surface area contributed by atoms with Crippen molar-refractivity contribution in [1.29, 1.82) is 0 Å². The van der Waals surface area contributed by atoms with Gasteiger partial charge in [-0.05, 0) is 98.5 Å². The number of rotatable bonds is 9. The fourth-order valence-electron chi connectivity index (χ4n) is 4.22. The highest BCUT2D eigenvalue weighted by molar-refractivity contribution is 7.94. The van der Waals surface area contributed by atoms with Crippen molar-refractivity contribution in [2.45, 2.75) is 43.8 Å². The highest BCUT2D eigenvalue weighted by Gasteiger charge is 2.36. The molecule has 0 aromatic heterocycles. The molecule has 4 heteroatoms. The van der Waals surface area contributed by atoms with Crippen molar-refractivity contribution >= 4 is 29.1 Å². The van der Waals surface area contributed by atoms with Gasteiger partial charge in [0, 0.05) is 34.0 Å². The Labute approximate surface area is 242 Å². The molecule has 0 saturated carbocycles. The fourth-order valence-corrected chi connectivity index (χ4v) is 4.98. The van der Waals surface area contributed by atoms with Crippen LogP contribution in [0, 0.1) is 0 Å². The molecule has 5 aromatic rings. The molecular weight excluding hydrogens is 510 g/mol. The first-order chi connectivity index (χ1) is 19.2. The molecule has 0 unspecified atom stereocenters. The fraction of sp³-hybridized carbons (Fsp3) is 0.167. The largest absolute Gasteiger partial charge is 0.387 e. The van der Waals surface area contributed by atoms with Crippen molar-refractivity contribution in [2.75, 3.05) is 4.90 Å². The second kappa shape index (κ2) is 11.7. The highest BCUT2D eigenvalue weighted by Crippen LogP contribution is 2.38. The minimum absolute atomic E-state index is 0.705. The Morgan fingerprint density at radius 2 is 0.850 bits per heavy atom. The van der Waals surface area contributed by atoms with Crippen LogP contribution in [0.1, 0.15) is 27.7 Å². The molecule has 0 aliphatic carbocycles. The van der Waals surface area contributed by atoms with Gasteiger partial charge in [0.25, 0.3) is 0 Å². The van der Waals surface area contributed by atoms with Crippen LogP contribution in [-0.4, -0.2) is 16.3 Å². The van der Waals surface area contributed by atoms with Crippen LogP contribution in [0.2, 0.25) is 0 Å². The lowest BCUT2D eigenvalue weighted by Gasteiger charge is -2.35. The Kier molecular flexibility index (Phi) is 8.13. The molecule has 0 aliphatic rings. The van der Waals surface area contributed by atoms with Crippen molar-refractivity contribution in [1.82, 2.24) is 0 Å². The first-order valence-corrected chi connectivity index (χ1v) is 14.2. The molecule has 202 valence electrons. The summed E-state index contributed by atoms with van der Waals surface area (Å²) in [5, 5.41) is 10.4. The summed E-state index contributed by atoms with van der Waals surface area (Å²) >= 11 is 1.29. The third-order valence-corrected chi connectivity index (χ3v) is 8.34. The first kappa shape index (κ1) is 27.7. The third kappa shape index (κ3) is 6.31. The van der Waals surface area contributed by atoms with Gasteiger partial charge in [-0.3, -0.25) is 0 Å². The summed E-state index contributed by atoms with van der Waals surface area (Å²) in [6, 6.07) is 46.6. The van der Waals surface area contributed by atoms with E-state index in [9.17, 15) is 5.11 Å². The summed E-state index contributed by atoms with van der Waals surface area (Å²) in [5.41, 5.74) is 6.29. The van der Waals surface area contributed by atoms with Crippen molar-refractivity contribution in [2.24, 2.45) is 0 Å². The maximum atomic E-state index is 10.4. The van der Waals surface area contributed by atoms with Gasteiger partial charge in [0.05, 0.1) is 5.60 Å². The van der Waals surface area contributed by atoms with E-state index >= 15 is 0 Å². The van der Waals surface area contributed by atoms with E-state index in [-0.39, 0.29) is 0 Å². The van der Waals surface area contributed by atoms with Gasteiger partial charge in [-0.25, -0.2) is 0 Å². The second-order valence-corrected chi connectivity index (χ2v) is 11.7. The average molecular weight is 546 g/mol. The monoisotopic (exact) mass is 545 g/mol. The normalized spacial score (nSPS) is 11.8. The topological polar surface area (TPSA) is 32.7 Å². The second-order valence-electron chi connectivity index (χ2n) is 10.9. The lowest BCUT2D eigenvalue weighted by Crippen LogP contribution is -2.45.